The van der Waals surface area contributed by atoms with E-state index in [0.29, 0.717) is 5.16 Å². The number of aromatic nitrogens is 2. The highest BCUT2D eigenvalue weighted by Crippen LogP contribution is 2.45. The molecule has 2 aliphatic rings. The maximum atomic E-state index is 6.06. The van der Waals surface area contributed by atoms with Crippen LogP contribution in [0.25, 0.3) is 0 Å². The lowest BCUT2D eigenvalue weighted by atomic mass is 9.75. The second-order valence-corrected chi connectivity index (χ2v) is 9.41. The van der Waals surface area contributed by atoms with E-state index in [1.807, 2.05) is 10.9 Å². The minimum Gasteiger partial charge on any atom is -0.399 e. The standard InChI is InChI=1S/C15H26BN2O2P/c1-13(2)14(3,4)20-16(19-13)12-8-17-18(10-12)9-11-6-15(5,21)7-11/h8,10-11H,6-7,9,21H2,1-5H3. The molecule has 0 bridgehead atoms. The molecule has 116 valence electrons. The maximum Gasteiger partial charge on any atom is 0.498 e. The third-order valence-corrected chi connectivity index (χ3v) is 5.61. The van der Waals surface area contributed by atoms with Gasteiger partial charge in [0.25, 0.3) is 0 Å². The third-order valence-electron chi connectivity index (χ3n) is 5.13. The van der Waals surface area contributed by atoms with Gasteiger partial charge in [-0.2, -0.15) is 5.10 Å². The highest BCUT2D eigenvalue weighted by atomic mass is 31.0. The molecule has 6 heteroatoms. The zero-order chi connectivity index (χ0) is 15.5. The first-order valence-corrected chi connectivity index (χ1v) is 8.33. The summed E-state index contributed by atoms with van der Waals surface area (Å²) in [5, 5.41) is 4.91. The summed E-state index contributed by atoms with van der Waals surface area (Å²) < 4.78 is 14.2. The van der Waals surface area contributed by atoms with Crippen molar-refractivity contribution < 1.29 is 9.31 Å². The molecule has 4 nitrogen and oxygen atoms in total. The molecular formula is C15H26BN2O2P. The van der Waals surface area contributed by atoms with Crippen LogP contribution in [0.3, 0.4) is 0 Å². The summed E-state index contributed by atoms with van der Waals surface area (Å²) in [5.74, 6) is 0.735. The van der Waals surface area contributed by atoms with Crippen molar-refractivity contribution in [2.45, 2.75) is 70.4 Å². The molecule has 1 aromatic heterocycles. The summed E-state index contributed by atoms with van der Waals surface area (Å²) in [6.45, 7) is 11.6. The highest BCUT2D eigenvalue weighted by molar-refractivity contribution is 7.19. The average Bonchev–Trinajstić information content (AvgIpc) is 2.80. The molecule has 1 saturated heterocycles. The fraction of sp³-hybridized carbons (Fsp3) is 0.800. The Labute approximate surface area is 130 Å². The van der Waals surface area contributed by atoms with Gasteiger partial charge >= 0.3 is 7.12 Å². The van der Waals surface area contributed by atoms with E-state index < -0.39 is 0 Å². The van der Waals surface area contributed by atoms with Gasteiger partial charge in [0.2, 0.25) is 0 Å². The molecular weight excluding hydrogens is 282 g/mol. The first-order chi connectivity index (χ1) is 9.58. The smallest absolute Gasteiger partial charge is 0.399 e. The van der Waals surface area contributed by atoms with Crippen molar-refractivity contribution in [2.75, 3.05) is 0 Å². The summed E-state index contributed by atoms with van der Waals surface area (Å²) in [7, 11) is 2.65. The normalized spacial score (nSPS) is 34.0. The SMILES string of the molecule is CC1(P)CC(Cn2cc(B3OC(C)(C)C(C)(C)O3)cn2)C1. The molecule has 1 aromatic rings. The van der Waals surface area contributed by atoms with E-state index in [0.717, 1.165) is 17.9 Å². The van der Waals surface area contributed by atoms with Gasteiger partial charge in [0.05, 0.1) is 11.2 Å². The van der Waals surface area contributed by atoms with Gasteiger partial charge in [-0.25, -0.2) is 0 Å². The van der Waals surface area contributed by atoms with Gasteiger partial charge in [-0.05, 0) is 51.6 Å². The summed E-state index contributed by atoms with van der Waals surface area (Å²) >= 11 is 0. The fourth-order valence-electron chi connectivity index (χ4n) is 3.23. The van der Waals surface area contributed by atoms with Crippen molar-refractivity contribution in [1.82, 2.24) is 9.78 Å². The van der Waals surface area contributed by atoms with Gasteiger partial charge < -0.3 is 9.31 Å². The van der Waals surface area contributed by atoms with Crippen LogP contribution >= 0.6 is 9.24 Å². The molecule has 0 radical (unpaired) electrons. The predicted molar refractivity (Wildman–Crippen MR) is 88.8 cm³/mol. The first-order valence-electron chi connectivity index (χ1n) is 7.75. The Bertz CT molecular complexity index is 518. The van der Waals surface area contributed by atoms with Crippen LogP contribution in [0.1, 0.15) is 47.5 Å². The van der Waals surface area contributed by atoms with Gasteiger partial charge in [0, 0.05) is 24.4 Å². The summed E-state index contributed by atoms with van der Waals surface area (Å²) in [5.41, 5.74) is 0.422. The second kappa shape index (κ2) is 4.81. The fourth-order valence-corrected chi connectivity index (χ4v) is 3.90. The number of rotatable bonds is 3. The third kappa shape index (κ3) is 2.93. The van der Waals surface area contributed by atoms with E-state index in [2.05, 4.69) is 55.2 Å². The van der Waals surface area contributed by atoms with Crippen LogP contribution in [0.4, 0.5) is 0 Å². The van der Waals surface area contributed by atoms with Gasteiger partial charge in [-0.15, -0.1) is 9.24 Å². The first kappa shape index (κ1) is 15.5. The topological polar surface area (TPSA) is 36.3 Å². The monoisotopic (exact) mass is 308 g/mol. The minimum absolute atomic E-state index is 0.297. The molecule has 1 aliphatic heterocycles. The van der Waals surface area contributed by atoms with E-state index in [1.54, 1.807) is 0 Å². The second-order valence-electron chi connectivity index (χ2n) is 8.01. The van der Waals surface area contributed by atoms with E-state index in [-0.39, 0.29) is 18.3 Å². The van der Waals surface area contributed by atoms with Crippen LogP contribution in [0.15, 0.2) is 12.4 Å². The molecule has 0 amide bonds. The lowest BCUT2D eigenvalue weighted by Crippen LogP contribution is -2.41. The molecule has 3 rings (SSSR count). The van der Waals surface area contributed by atoms with Crippen LogP contribution in [-0.4, -0.2) is 33.3 Å². The Morgan fingerprint density at radius 3 is 2.33 bits per heavy atom. The predicted octanol–water partition coefficient (Wildman–Crippen LogP) is 2.23. The lowest BCUT2D eigenvalue weighted by Gasteiger charge is -2.42. The lowest BCUT2D eigenvalue weighted by molar-refractivity contribution is 0.00578. The van der Waals surface area contributed by atoms with Gasteiger partial charge in [-0.1, -0.05) is 6.92 Å². The molecule has 2 fully saturated rings. The molecule has 1 saturated carbocycles. The summed E-state index contributed by atoms with van der Waals surface area (Å²) in [6.07, 6.45) is 6.45. The van der Waals surface area contributed by atoms with E-state index in [4.69, 9.17) is 9.31 Å². The maximum absolute atomic E-state index is 6.06. The quantitative estimate of drug-likeness (QED) is 0.634. The van der Waals surface area contributed by atoms with Gasteiger partial charge in [0.15, 0.2) is 0 Å². The van der Waals surface area contributed by atoms with Gasteiger partial charge in [-0.3, -0.25) is 4.68 Å². The van der Waals surface area contributed by atoms with Crippen molar-refractivity contribution in [1.29, 1.82) is 0 Å². The Kier molecular flexibility index (Phi) is 3.55. The zero-order valence-electron chi connectivity index (χ0n) is 13.7. The Morgan fingerprint density at radius 2 is 1.81 bits per heavy atom. The molecule has 1 aliphatic carbocycles. The zero-order valence-corrected chi connectivity index (χ0v) is 14.9. The Morgan fingerprint density at radius 1 is 1.24 bits per heavy atom. The highest BCUT2D eigenvalue weighted by Gasteiger charge is 2.52. The van der Waals surface area contributed by atoms with E-state index in [1.165, 1.54) is 12.8 Å². The van der Waals surface area contributed by atoms with E-state index >= 15 is 0 Å². The largest absolute Gasteiger partial charge is 0.498 e. The van der Waals surface area contributed by atoms with Crippen LogP contribution in [0.5, 0.6) is 0 Å². The molecule has 1 atom stereocenters. The van der Waals surface area contributed by atoms with Crippen molar-refractivity contribution in [3.8, 4) is 0 Å². The minimum atomic E-state index is -0.308. The summed E-state index contributed by atoms with van der Waals surface area (Å²) in [4.78, 5) is 0. The van der Waals surface area contributed by atoms with Crippen LogP contribution < -0.4 is 5.46 Å². The summed E-state index contributed by atoms with van der Waals surface area (Å²) in [6, 6.07) is 0. The number of hydrogen-bond donors (Lipinski definition) is 0. The van der Waals surface area contributed by atoms with Crippen LogP contribution in [0, 0.1) is 5.92 Å². The molecule has 2 heterocycles. The molecule has 0 N–H and O–H groups in total. The number of nitrogens with zero attached hydrogens (tertiary/aromatic N) is 2. The van der Waals surface area contributed by atoms with Crippen molar-refractivity contribution in [2.24, 2.45) is 5.92 Å². The Hall–Kier alpha value is -0.375. The van der Waals surface area contributed by atoms with Crippen molar-refractivity contribution in [3.63, 3.8) is 0 Å². The molecule has 0 aromatic carbocycles. The van der Waals surface area contributed by atoms with Crippen LogP contribution in [0.2, 0.25) is 0 Å². The molecule has 1 unspecified atom stereocenters. The Balaban J connectivity index is 1.64. The molecule has 0 spiro atoms. The molecule has 21 heavy (non-hydrogen) atoms. The van der Waals surface area contributed by atoms with Crippen molar-refractivity contribution >= 4 is 21.8 Å². The van der Waals surface area contributed by atoms with Crippen molar-refractivity contribution in [3.05, 3.63) is 12.4 Å². The van der Waals surface area contributed by atoms with Gasteiger partial charge in [0.1, 0.15) is 0 Å². The van der Waals surface area contributed by atoms with Crippen LogP contribution in [-0.2, 0) is 15.9 Å². The average molecular weight is 308 g/mol. The number of hydrogen-bond acceptors (Lipinski definition) is 3. The van der Waals surface area contributed by atoms with E-state index in [9.17, 15) is 0 Å².